The number of hydrogen-bond acceptors (Lipinski definition) is 4. The lowest BCUT2D eigenvalue weighted by Crippen LogP contribution is -2.53. The molecule has 1 saturated carbocycles. The van der Waals surface area contributed by atoms with Gasteiger partial charge in [0.15, 0.2) is 0 Å². The Hall–Kier alpha value is -2.45. The summed E-state index contributed by atoms with van der Waals surface area (Å²) in [6.45, 7) is 2.16. The zero-order valence-corrected chi connectivity index (χ0v) is 19.0. The number of halogens is 1. The fraction of sp³-hybridized carbons (Fsp3) is 0.458. The van der Waals surface area contributed by atoms with Crippen molar-refractivity contribution in [3.63, 3.8) is 0 Å². The van der Waals surface area contributed by atoms with E-state index < -0.39 is 10.0 Å². The zero-order valence-electron chi connectivity index (χ0n) is 18.2. The number of sulfonamides is 1. The van der Waals surface area contributed by atoms with Crippen LogP contribution in [-0.4, -0.2) is 62.3 Å². The van der Waals surface area contributed by atoms with Crippen molar-refractivity contribution in [2.24, 2.45) is 0 Å². The Morgan fingerprint density at radius 1 is 0.906 bits per heavy atom. The molecule has 0 bridgehead atoms. The van der Waals surface area contributed by atoms with Crippen molar-refractivity contribution in [1.29, 1.82) is 0 Å². The molecule has 1 aliphatic carbocycles. The van der Waals surface area contributed by atoms with Crippen LogP contribution in [0.2, 0.25) is 0 Å². The number of hydrogen-bond donors (Lipinski definition) is 0. The van der Waals surface area contributed by atoms with E-state index in [1.807, 2.05) is 0 Å². The molecule has 2 aromatic carbocycles. The first-order valence-electron chi connectivity index (χ1n) is 11.3. The lowest BCUT2D eigenvalue weighted by atomic mass is 9.95. The van der Waals surface area contributed by atoms with E-state index in [0.29, 0.717) is 26.2 Å². The highest BCUT2D eigenvalue weighted by molar-refractivity contribution is 7.89. The van der Waals surface area contributed by atoms with Gasteiger partial charge >= 0.3 is 0 Å². The Bertz CT molecular complexity index is 1000. The van der Waals surface area contributed by atoms with E-state index >= 15 is 0 Å². The summed E-state index contributed by atoms with van der Waals surface area (Å²) in [7, 11) is -3.75. The van der Waals surface area contributed by atoms with Crippen LogP contribution in [0.1, 0.15) is 32.1 Å². The van der Waals surface area contributed by atoms with Crippen molar-refractivity contribution < 1.29 is 17.6 Å². The number of benzene rings is 2. The number of anilines is 1. The standard InChI is InChI=1S/C24H30FN3O3S/c25-20-11-13-21(14-12-20)26-15-17-27(18-16-26)24(29)19-28(22-7-3-1-4-8-22)32(30,31)23-9-5-2-6-10-23/h2,5-6,9-14,22H,1,3-4,7-8,15-19H2. The summed E-state index contributed by atoms with van der Waals surface area (Å²) in [6.07, 6.45) is 4.65. The highest BCUT2D eigenvalue weighted by Crippen LogP contribution is 2.28. The molecule has 8 heteroatoms. The molecular formula is C24H30FN3O3S. The van der Waals surface area contributed by atoms with Crippen LogP contribution in [0.5, 0.6) is 0 Å². The molecule has 6 nitrogen and oxygen atoms in total. The van der Waals surface area contributed by atoms with E-state index in [1.165, 1.54) is 16.4 Å². The number of carbonyl (C=O) groups excluding carboxylic acids is 1. The van der Waals surface area contributed by atoms with E-state index in [9.17, 15) is 17.6 Å². The van der Waals surface area contributed by atoms with Crippen LogP contribution >= 0.6 is 0 Å². The molecule has 1 amide bonds. The predicted molar refractivity (Wildman–Crippen MR) is 122 cm³/mol. The highest BCUT2D eigenvalue weighted by Gasteiger charge is 2.35. The van der Waals surface area contributed by atoms with Gasteiger partial charge in [-0.05, 0) is 49.2 Å². The van der Waals surface area contributed by atoms with Crippen molar-refractivity contribution >= 4 is 21.6 Å². The molecule has 2 aliphatic rings. The maximum atomic E-state index is 13.4. The third-order valence-corrected chi connectivity index (χ3v) is 8.36. The Kier molecular flexibility index (Phi) is 7.10. The van der Waals surface area contributed by atoms with Gasteiger partial charge in [0.1, 0.15) is 5.82 Å². The van der Waals surface area contributed by atoms with E-state index in [4.69, 9.17) is 0 Å². The molecule has 172 valence electrons. The van der Waals surface area contributed by atoms with Crippen molar-refractivity contribution in [2.75, 3.05) is 37.6 Å². The van der Waals surface area contributed by atoms with Gasteiger partial charge in [-0.3, -0.25) is 4.79 Å². The summed E-state index contributed by atoms with van der Waals surface area (Å²) in [5.74, 6) is -0.432. The molecule has 2 fully saturated rings. The summed E-state index contributed by atoms with van der Waals surface area (Å²) < 4.78 is 41.5. The monoisotopic (exact) mass is 459 g/mol. The van der Waals surface area contributed by atoms with Crippen molar-refractivity contribution in [3.8, 4) is 0 Å². The minimum absolute atomic E-state index is 0.127. The fourth-order valence-corrected chi connectivity index (χ4v) is 6.26. The van der Waals surface area contributed by atoms with Gasteiger partial charge in [-0.25, -0.2) is 12.8 Å². The Morgan fingerprint density at radius 3 is 2.16 bits per heavy atom. The first-order chi connectivity index (χ1) is 15.4. The van der Waals surface area contributed by atoms with Gasteiger partial charge in [0.05, 0.1) is 11.4 Å². The largest absolute Gasteiger partial charge is 0.368 e. The smallest absolute Gasteiger partial charge is 0.243 e. The lowest BCUT2D eigenvalue weighted by Gasteiger charge is -2.38. The number of piperazine rings is 1. The summed E-state index contributed by atoms with van der Waals surface area (Å²) in [5.41, 5.74) is 0.925. The van der Waals surface area contributed by atoms with Gasteiger partial charge in [0, 0.05) is 37.9 Å². The molecule has 0 spiro atoms. The average molecular weight is 460 g/mol. The molecule has 2 aromatic rings. The van der Waals surface area contributed by atoms with Gasteiger partial charge < -0.3 is 9.80 Å². The molecule has 1 heterocycles. The summed E-state index contributed by atoms with van der Waals surface area (Å²) in [5, 5.41) is 0. The van der Waals surface area contributed by atoms with Crippen molar-refractivity contribution in [2.45, 2.75) is 43.0 Å². The van der Waals surface area contributed by atoms with E-state index in [2.05, 4.69) is 4.90 Å². The summed E-state index contributed by atoms with van der Waals surface area (Å²) in [4.78, 5) is 17.3. The first kappa shape index (κ1) is 22.7. The Balaban J connectivity index is 1.45. The molecule has 4 rings (SSSR count). The molecule has 0 atom stereocenters. The SMILES string of the molecule is O=C(CN(C1CCCCC1)S(=O)(=O)c1ccccc1)N1CCN(c2ccc(F)cc2)CC1. The molecule has 1 aliphatic heterocycles. The summed E-state index contributed by atoms with van der Waals surface area (Å²) >= 11 is 0. The molecule has 1 saturated heterocycles. The van der Waals surface area contributed by atoms with Crippen LogP contribution in [0.25, 0.3) is 0 Å². The third kappa shape index (κ3) is 5.13. The maximum Gasteiger partial charge on any atom is 0.243 e. The summed E-state index contributed by atoms with van der Waals surface area (Å²) in [6, 6.07) is 14.6. The molecule has 0 radical (unpaired) electrons. The van der Waals surface area contributed by atoms with Crippen LogP contribution in [0, 0.1) is 5.82 Å². The minimum atomic E-state index is -3.75. The van der Waals surface area contributed by atoms with Crippen molar-refractivity contribution in [3.05, 3.63) is 60.4 Å². The second-order valence-corrected chi connectivity index (χ2v) is 10.4. The normalized spacial score (nSPS) is 18.2. The molecule has 0 aromatic heterocycles. The molecule has 0 N–H and O–H groups in total. The van der Waals surface area contributed by atoms with Gasteiger partial charge in [-0.15, -0.1) is 0 Å². The molecular weight excluding hydrogens is 429 g/mol. The minimum Gasteiger partial charge on any atom is -0.368 e. The van der Waals surface area contributed by atoms with E-state index in [0.717, 1.165) is 37.8 Å². The first-order valence-corrected chi connectivity index (χ1v) is 12.7. The molecule has 32 heavy (non-hydrogen) atoms. The van der Waals surface area contributed by atoms with E-state index in [-0.39, 0.29) is 29.2 Å². The molecule has 0 unspecified atom stereocenters. The van der Waals surface area contributed by atoms with Crippen molar-refractivity contribution in [1.82, 2.24) is 9.21 Å². The van der Waals surface area contributed by atoms with Gasteiger partial charge in [0.25, 0.3) is 0 Å². The lowest BCUT2D eigenvalue weighted by molar-refractivity contribution is -0.132. The maximum absolute atomic E-state index is 13.4. The second kappa shape index (κ2) is 10.0. The van der Waals surface area contributed by atoms with Crippen LogP contribution in [0.15, 0.2) is 59.5 Å². The number of nitrogens with zero attached hydrogens (tertiary/aromatic N) is 3. The number of carbonyl (C=O) groups is 1. The third-order valence-electron chi connectivity index (χ3n) is 6.45. The van der Waals surface area contributed by atoms with Crippen LogP contribution in [0.4, 0.5) is 10.1 Å². The van der Waals surface area contributed by atoms with Crippen LogP contribution in [0.3, 0.4) is 0 Å². The highest BCUT2D eigenvalue weighted by atomic mass is 32.2. The number of amides is 1. The fourth-order valence-electron chi connectivity index (χ4n) is 4.61. The van der Waals surface area contributed by atoms with Crippen LogP contribution < -0.4 is 4.90 Å². The van der Waals surface area contributed by atoms with Gasteiger partial charge in [-0.2, -0.15) is 4.31 Å². The number of rotatable bonds is 6. The van der Waals surface area contributed by atoms with Gasteiger partial charge in [0.2, 0.25) is 15.9 Å². The average Bonchev–Trinajstić information content (AvgIpc) is 2.84. The van der Waals surface area contributed by atoms with E-state index in [1.54, 1.807) is 47.4 Å². The quantitative estimate of drug-likeness (QED) is 0.664. The Labute approximate surface area is 189 Å². The Morgan fingerprint density at radius 2 is 1.53 bits per heavy atom. The predicted octanol–water partition coefficient (Wildman–Crippen LogP) is 3.50. The zero-order chi connectivity index (χ0) is 22.6. The topological polar surface area (TPSA) is 60.9 Å². The van der Waals surface area contributed by atoms with Crippen LogP contribution in [-0.2, 0) is 14.8 Å². The second-order valence-electron chi connectivity index (χ2n) is 8.50. The van der Waals surface area contributed by atoms with Gasteiger partial charge in [-0.1, -0.05) is 37.5 Å².